The summed E-state index contributed by atoms with van der Waals surface area (Å²) in [7, 11) is 0. The molecule has 1 aliphatic heterocycles. The van der Waals surface area contributed by atoms with Gasteiger partial charge in [-0.1, -0.05) is 0 Å². The number of anilines is 1. The quantitative estimate of drug-likeness (QED) is 0.794. The van der Waals surface area contributed by atoms with Crippen molar-refractivity contribution in [2.45, 2.75) is 6.18 Å². The van der Waals surface area contributed by atoms with E-state index in [0.717, 1.165) is 18.2 Å². The Labute approximate surface area is 107 Å². The molecular weight excluding hydrogens is 261 g/mol. The number of morpholine rings is 1. The molecule has 0 radical (unpaired) electrons. The molecule has 2 rings (SSSR count). The average molecular weight is 274 g/mol. The minimum absolute atomic E-state index is 0.160. The SMILES string of the molecule is Nc1cc(C(=O)N2CCOCC2)ccc1C(F)(F)F. The predicted molar refractivity (Wildman–Crippen MR) is 62.6 cm³/mol. The second-order valence-electron chi connectivity index (χ2n) is 4.20. The van der Waals surface area contributed by atoms with E-state index in [-0.39, 0.29) is 11.5 Å². The molecule has 0 saturated carbocycles. The number of nitrogens with two attached hydrogens (primary N) is 1. The molecule has 7 heteroatoms. The molecule has 0 bridgehead atoms. The maximum absolute atomic E-state index is 12.5. The number of hydrogen-bond donors (Lipinski definition) is 1. The van der Waals surface area contributed by atoms with E-state index in [4.69, 9.17) is 10.5 Å². The summed E-state index contributed by atoms with van der Waals surface area (Å²) in [6.45, 7) is 1.73. The largest absolute Gasteiger partial charge is 0.418 e. The lowest BCUT2D eigenvalue weighted by Gasteiger charge is -2.27. The van der Waals surface area contributed by atoms with E-state index in [9.17, 15) is 18.0 Å². The zero-order chi connectivity index (χ0) is 14.0. The lowest BCUT2D eigenvalue weighted by molar-refractivity contribution is -0.136. The second kappa shape index (κ2) is 5.08. The Bertz CT molecular complexity index is 482. The van der Waals surface area contributed by atoms with Crippen LogP contribution in [0, 0.1) is 0 Å². The Kier molecular flexibility index (Phi) is 3.66. The Morgan fingerprint density at radius 3 is 2.42 bits per heavy atom. The summed E-state index contributed by atoms with van der Waals surface area (Å²) >= 11 is 0. The normalized spacial score (nSPS) is 16.5. The molecule has 19 heavy (non-hydrogen) atoms. The Morgan fingerprint density at radius 1 is 1.26 bits per heavy atom. The molecule has 2 N–H and O–H groups in total. The number of hydrogen-bond acceptors (Lipinski definition) is 3. The maximum Gasteiger partial charge on any atom is 0.418 e. The molecule has 0 aromatic heterocycles. The van der Waals surface area contributed by atoms with Gasteiger partial charge in [-0.05, 0) is 18.2 Å². The van der Waals surface area contributed by atoms with Crippen LogP contribution in [0.4, 0.5) is 18.9 Å². The summed E-state index contributed by atoms with van der Waals surface area (Å²) < 4.78 is 42.7. The average Bonchev–Trinajstić information content (AvgIpc) is 2.37. The second-order valence-corrected chi connectivity index (χ2v) is 4.20. The lowest BCUT2D eigenvalue weighted by atomic mass is 10.1. The Morgan fingerprint density at radius 2 is 1.89 bits per heavy atom. The molecule has 0 unspecified atom stereocenters. The van der Waals surface area contributed by atoms with Gasteiger partial charge < -0.3 is 15.4 Å². The minimum atomic E-state index is -4.51. The van der Waals surface area contributed by atoms with E-state index in [1.807, 2.05) is 0 Å². The summed E-state index contributed by atoms with van der Waals surface area (Å²) in [5, 5.41) is 0. The van der Waals surface area contributed by atoms with E-state index in [0.29, 0.717) is 26.3 Å². The highest BCUT2D eigenvalue weighted by atomic mass is 19.4. The number of halogens is 3. The minimum Gasteiger partial charge on any atom is -0.398 e. The maximum atomic E-state index is 12.5. The first-order valence-corrected chi connectivity index (χ1v) is 5.73. The van der Waals surface area contributed by atoms with Gasteiger partial charge in [0.2, 0.25) is 0 Å². The Balaban J connectivity index is 2.22. The van der Waals surface area contributed by atoms with Gasteiger partial charge in [0.1, 0.15) is 0 Å². The summed E-state index contributed by atoms with van der Waals surface area (Å²) in [5.74, 6) is -0.330. The van der Waals surface area contributed by atoms with Crippen LogP contribution in [0.2, 0.25) is 0 Å². The smallest absolute Gasteiger partial charge is 0.398 e. The number of rotatable bonds is 1. The summed E-state index contributed by atoms with van der Waals surface area (Å²) in [6.07, 6.45) is -4.51. The third kappa shape index (κ3) is 2.98. The van der Waals surface area contributed by atoms with Crippen molar-refractivity contribution in [2.75, 3.05) is 32.0 Å². The molecule has 0 aliphatic carbocycles. The van der Waals surface area contributed by atoms with Gasteiger partial charge in [0.15, 0.2) is 0 Å². The van der Waals surface area contributed by atoms with Gasteiger partial charge in [0.25, 0.3) is 5.91 Å². The number of amides is 1. The zero-order valence-electron chi connectivity index (χ0n) is 10.0. The fourth-order valence-electron chi connectivity index (χ4n) is 1.90. The van der Waals surface area contributed by atoms with E-state index >= 15 is 0 Å². The number of carbonyl (C=O) groups excluding carboxylic acids is 1. The predicted octanol–water partition coefficient (Wildman–Crippen LogP) is 1.76. The van der Waals surface area contributed by atoms with Gasteiger partial charge in [-0.2, -0.15) is 13.2 Å². The lowest BCUT2D eigenvalue weighted by Crippen LogP contribution is -2.40. The van der Waals surface area contributed by atoms with Crippen LogP contribution in [0.3, 0.4) is 0 Å². The summed E-state index contributed by atoms with van der Waals surface area (Å²) in [6, 6.07) is 3.06. The van der Waals surface area contributed by atoms with E-state index in [1.165, 1.54) is 4.90 Å². The van der Waals surface area contributed by atoms with Crippen LogP contribution in [0.1, 0.15) is 15.9 Å². The fourth-order valence-corrected chi connectivity index (χ4v) is 1.90. The van der Waals surface area contributed by atoms with Crippen molar-refractivity contribution in [3.63, 3.8) is 0 Å². The van der Waals surface area contributed by atoms with E-state index in [1.54, 1.807) is 0 Å². The van der Waals surface area contributed by atoms with Gasteiger partial charge in [-0.3, -0.25) is 4.79 Å². The molecule has 4 nitrogen and oxygen atoms in total. The monoisotopic (exact) mass is 274 g/mol. The van der Waals surface area contributed by atoms with Gasteiger partial charge in [0, 0.05) is 24.3 Å². The first-order chi connectivity index (χ1) is 8.89. The van der Waals surface area contributed by atoms with Crippen LogP contribution in [-0.4, -0.2) is 37.1 Å². The molecular formula is C12H13F3N2O2. The number of carbonyl (C=O) groups is 1. The van der Waals surface area contributed by atoms with Gasteiger partial charge in [-0.15, -0.1) is 0 Å². The molecule has 0 atom stereocenters. The van der Waals surface area contributed by atoms with Crippen LogP contribution in [0.15, 0.2) is 18.2 Å². The number of ether oxygens (including phenoxy) is 1. The van der Waals surface area contributed by atoms with Crippen LogP contribution < -0.4 is 5.73 Å². The first kappa shape index (κ1) is 13.7. The van der Waals surface area contributed by atoms with Crippen molar-refractivity contribution in [1.29, 1.82) is 0 Å². The highest BCUT2D eigenvalue weighted by Gasteiger charge is 2.33. The van der Waals surface area contributed by atoms with Crippen molar-refractivity contribution < 1.29 is 22.7 Å². The molecule has 104 valence electrons. The summed E-state index contributed by atoms with van der Waals surface area (Å²) in [4.78, 5) is 13.6. The van der Waals surface area contributed by atoms with Gasteiger partial charge >= 0.3 is 6.18 Å². The molecule has 1 aromatic carbocycles. The molecule has 1 amide bonds. The molecule has 1 heterocycles. The molecule has 1 saturated heterocycles. The molecule has 1 aliphatic rings. The highest BCUT2D eigenvalue weighted by Crippen LogP contribution is 2.33. The number of nitrogen functional groups attached to an aromatic ring is 1. The molecule has 0 spiro atoms. The highest BCUT2D eigenvalue weighted by molar-refractivity contribution is 5.95. The number of nitrogens with zero attached hydrogens (tertiary/aromatic N) is 1. The first-order valence-electron chi connectivity index (χ1n) is 5.73. The molecule has 1 fully saturated rings. The van der Waals surface area contributed by atoms with Crippen LogP contribution >= 0.6 is 0 Å². The summed E-state index contributed by atoms with van der Waals surface area (Å²) in [5.41, 5.74) is 4.16. The van der Waals surface area contributed by atoms with Crippen molar-refractivity contribution in [1.82, 2.24) is 4.90 Å². The number of benzene rings is 1. The Hall–Kier alpha value is -1.76. The van der Waals surface area contributed by atoms with Crippen molar-refractivity contribution in [3.05, 3.63) is 29.3 Å². The van der Waals surface area contributed by atoms with Gasteiger partial charge in [-0.25, -0.2) is 0 Å². The van der Waals surface area contributed by atoms with E-state index in [2.05, 4.69) is 0 Å². The zero-order valence-corrected chi connectivity index (χ0v) is 10.0. The fraction of sp³-hybridized carbons (Fsp3) is 0.417. The van der Waals surface area contributed by atoms with Crippen molar-refractivity contribution in [2.24, 2.45) is 0 Å². The van der Waals surface area contributed by atoms with Crippen LogP contribution in [-0.2, 0) is 10.9 Å². The third-order valence-electron chi connectivity index (χ3n) is 2.90. The van der Waals surface area contributed by atoms with Crippen LogP contribution in [0.5, 0.6) is 0 Å². The third-order valence-corrected chi connectivity index (χ3v) is 2.90. The van der Waals surface area contributed by atoms with E-state index < -0.39 is 17.4 Å². The molecule has 1 aromatic rings. The van der Waals surface area contributed by atoms with Crippen molar-refractivity contribution in [3.8, 4) is 0 Å². The standard InChI is InChI=1S/C12H13F3N2O2/c13-12(14,15)9-2-1-8(7-10(9)16)11(18)17-3-5-19-6-4-17/h1-2,7H,3-6,16H2. The van der Waals surface area contributed by atoms with Crippen molar-refractivity contribution >= 4 is 11.6 Å². The van der Waals surface area contributed by atoms with Gasteiger partial charge in [0.05, 0.1) is 18.8 Å². The topological polar surface area (TPSA) is 55.6 Å². The number of alkyl halides is 3. The van der Waals surface area contributed by atoms with Crippen LogP contribution in [0.25, 0.3) is 0 Å².